The van der Waals surface area contributed by atoms with E-state index in [1.165, 1.54) is 22.9 Å². The molecule has 2 heterocycles. The SMILES string of the molecule is CCOc1cc(Cl)ccc1-c1onc(C(=O)Nc2c(C)n(C)n(-c3ccccc3F)c2=O)c1C. The number of para-hydroxylation sites is 1. The minimum Gasteiger partial charge on any atom is -0.493 e. The highest BCUT2D eigenvalue weighted by atomic mass is 35.5. The zero-order valence-corrected chi connectivity index (χ0v) is 19.7. The largest absolute Gasteiger partial charge is 0.493 e. The molecular formula is C24H22ClFN4O4. The zero-order valence-electron chi connectivity index (χ0n) is 19.0. The highest BCUT2D eigenvalue weighted by Gasteiger charge is 2.25. The van der Waals surface area contributed by atoms with E-state index in [1.54, 1.807) is 45.2 Å². The number of ether oxygens (including phenoxy) is 1. The van der Waals surface area contributed by atoms with Crippen LogP contribution in [0.1, 0.15) is 28.7 Å². The van der Waals surface area contributed by atoms with Gasteiger partial charge in [0.15, 0.2) is 11.5 Å². The molecule has 0 aliphatic carbocycles. The van der Waals surface area contributed by atoms with Crippen molar-refractivity contribution < 1.29 is 18.4 Å². The van der Waals surface area contributed by atoms with Gasteiger partial charge >= 0.3 is 0 Å². The smallest absolute Gasteiger partial charge is 0.295 e. The highest BCUT2D eigenvalue weighted by Crippen LogP contribution is 2.35. The number of rotatable bonds is 6. The fraction of sp³-hybridized carbons (Fsp3) is 0.208. The molecule has 0 fully saturated rings. The summed E-state index contributed by atoms with van der Waals surface area (Å²) in [5.74, 6) is -0.356. The van der Waals surface area contributed by atoms with Gasteiger partial charge in [0.25, 0.3) is 11.5 Å². The van der Waals surface area contributed by atoms with Crippen molar-refractivity contribution >= 4 is 23.2 Å². The third kappa shape index (κ3) is 3.99. The van der Waals surface area contributed by atoms with Crippen LogP contribution < -0.4 is 15.6 Å². The molecule has 2 aromatic heterocycles. The van der Waals surface area contributed by atoms with E-state index in [0.717, 1.165) is 4.68 Å². The molecule has 1 amide bonds. The number of hydrogen-bond acceptors (Lipinski definition) is 5. The number of nitrogens with one attached hydrogen (secondary N) is 1. The van der Waals surface area contributed by atoms with Crippen LogP contribution in [0.3, 0.4) is 0 Å². The van der Waals surface area contributed by atoms with E-state index in [9.17, 15) is 14.0 Å². The summed E-state index contributed by atoms with van der Waals surface area (Å²) in [7, 11) is 1.61. The summed E-state index contributed by atoms with van der Waals surface area (Å²) in [6.07, 6.45) is 0. The number of hydrogen-bond donors (Lipinski definition) is 1. The number of carbonyl (C=O) groups excluding carboxylic acids is 1. The molecule has 8 nitrogen and oxygen atoms in total. The standard InChI is InChI=1S/C24H22ClFN4O4/c1-5-33-19-12-15(25)10-11-16(19)22-13(2)20(28-34-22)23(31)27-21-14(3)29(4)30(24(21)32)18-9-7-6-8-17(18)26/h6-12H,5H2,1-4H3,(H,27,31). The first kappa shape index (κ1) is 23.3. The van der Waals surface area contributed by atoms with Crippen LogP contribution in [0.5, 0.6) is 5.75 Å². The van der Waals surface area contributed by atoms with Crippen molar-refractivity contribution in [3.8, 4) is 22.8 Å². The van der Waals surface area contributed by atoms with Crippen molar-refractivity contribution in [1.29, 1.82) is 0 Å². The van der Waals surface area contributed by atoms with E-state index in [4.69, 9.17) is 20.9 Å². The number of benzene rings is 2. The average molecular weight is 485 g/mol. The van der Waals surface area contributed by atoms with Crippen molar-refractivity contribution in [2.75, 3.05) is 11.9 Å². The number of aromatic nitrogens is 3. The zero-order chi connectivity index (χ0) is 24.6. The Morgan fingerprint density at radius 1 is 1.24 bits per heavy atom. The van der Waals surface area contributed by atoms with Crippen molar-refractivity contribution in [3.63, 3.8) is 0 Å². The summed E-state index contributed by atoms with van der Waals surface area (Å²) in [5.41, 5.74) is 1.02. The van der Waals surface area contributed by atoms with Gasteiger partial charge in [0, 0.05) is 17.6 Å². The third-order valence-corrected chi connectivity index (χ3v) is 5.73. The molecule has 0 unspecified atom stereocenters. The fourth-order valence-corrected chi connectivity index (χ4v) is 3.84. The summed E-state index contributed by atoms with van der Waals surface area (Å²) in [6.45, 7) is 5.58. The van der Waals surface area contributed by atoms with Gasteiger partial charge in [0.1, 0.15) is 22.9 Å². The third-order valence-electron chi connectivity index (χ3n) is 5.50. The molecule has 2 aromatic carbocycles. The molecule has 0 saturated carbocycles. The fourth-order valence-electron chi connectivity index (χ4n) is 3.68. The number of halogens is 2. The monoisotopic (exact) mass is 484 g/mol. The lowest BCUT2D eigenvalue weighted by Gasteiger charge is -2.09. The molecular weight excluding hydrogens is 463 g/mol. The van der Waals surface area contributed by atoms with Crippen LogP contribution in [-0.2, 0) is 7.05 Å². The van der Waals surface area contributed by atoms with Crippen LogP contribution in [0.2, 0.25) is 5.02 Å². The van der Waals surface area contributed by atoms with Gasteiger partial charge in [-0.1, -0.05) is 28.9 Å². The van der Waals surface area contributed by atoms with Gasteiger partial charge in [-0.05, 0) is 51.1 Å². The summed E-state index contributed by atoms with van der Waals surface area (Å²) >= 11 is 6.08. The van der Waals surface area contributed by atoms with Crippen LogP contribution in [0, 0.1) is 19.7 Å². The summed E-state index contributed by atoms with van der Waals surface area (Å²) in [6, 6.07) is 11.0. The van der Waals surface area contributed by atoms with Crippen molar-refractivity contribution in [1.82, 2.24) is 14.5 Å². The number of amides is 1. The Morgan fingerprint density at radius 3 is 2.68 bits per heavy atom. The molecule has 0 aliphatic rings. The maximum absolute atomic E-state index is 14.3. The lowest BCUT2D eigenvalue weighted by Crippen LogP contribution is -2.24. The first-order chi connectivity index (χ1) is 16.2. The van der Waals surface area contributed by atoms with Gasteiger partial charge in [-0.3, -0.25) is 14.3 Å². The summed E-state index contributed by atoms with van der Waals surface area (Å²) in [4.78, 5) is 26.1. The molecule has 0 aliphatic heterocycles. The molecule has 0 atom stereocenters. The maximum atomic E-state index is 14.3. The van der Waals surface area contributed by atoms with Gasteiger partial charge in [0.05, 0.1) is 17.9 Å². The molecule has 4 aromatic rings. The predicted molar refractivity (Wildman–Crippen MR) is 127 cm³/mol. The Hall–Kier alpha value is -3.85. The van der Waals surface area contributed by atoms with Gasteiger partial charge in [-0.2, -0.15) is 0 Å². The second kappa shape index (κ2) is 9.18. The number of anilines is 1. The predicted octanol–water partition coefficient (Wildman–Crippen LogP) is 4.89. The Balaban J connectivity index is 1.70. The molecule has 176 valence electrons. The van der Waals surface area contributed by atoms with Gasteiger partial charge in [0.2, 0.25) is 0 Å². The maximum Gasteiger partial charge on any atom is 0.295 e. The van der Waals surface area contributed by atoms with E-state index in [2.05, 4.69) is 10.5 Å². The normalized spacial score (nSPS) is 11.0. The Kier molecular flexibility index (Phi) is 6.30. The van der Waals surface area contributed by atoms with E-state index in [-0.39, 0.29) is 17.1 Å². The van der Waals surface area contributed by atoms with Gasteiger partial charge in [-0.25, -0.2) is 9.07 Å². The lowest BCUT2D eigenvalue weighted by molar-refractivity contribution is 0.101. The second-order valence-corrected chi connectivity index (χ2v) is 8.00. The van der Waals surface area contributed by atoms with Crippen LogP contribution in [0.25, 0.3) is 17.0 Å². The first-order valence-corrected chi connectivity index (χ1v) is 10.9. The van der Waals surface area contributed by atoms with E-state index >= 15 is 0 Å². The van der Waals surface area contributed by atoms with Crippen LogP contribution in [0.4, 0.5) is 10.1 Å². The molecule has 0 saturated heterocycles. The Bertz CT molecular complexity index is 1450. The molecule has 1 N–H and O–H groups in total. The first-order valence-electron chi connectivity index (χ1n) is 10.5. The molecule has 0 bridgehead atoms. The molecule has 0 spiro atoms. The molecule has 34 heavy (non-hydrogen) atoms. The van der Waals surface area contributed by atoms with Crippen LogP contribution in [0.15, 0.2) is 51.8 Å². The average Bonchev–Trinajstić information content (AvgIpc) is 3.28. The second-order valence-electron chi connectivity index (χ2n) is 7.57. The molecule has 4 rings (SSSR count). The Labute approximate surface area is 199 Å². The number of carbonyl (C=O) groups is 1. The minimum absolute atomic E-state index is 0.00694. The molecule has 10 heteroatoms. The quantitative estimate of drug-likeness (QED) is 0.420. The van der Waals surface area contributed by atoms with Crippen molar-refractivity contribution in [3.05, 3.63) is 80.6 Å². The Morgan fingerprint density at radius 2 is 1.97 bits per heavy atom. The van der Waals surface area contributed by atoms with E-state index in [0.29, 0.717) is 40.0 Å². The topological polar surface area (TPSA) is 91.3 Å². The highest BCUT2D eigenvalue weighted by molar-refractivity contribution is 6.30. The summed E-state index contributed by atoms with van der Waals surface area (Å²) < 4.78 is 28.1. The van der Waals surface area contributed by atoms with Crippen LogP contribution >= 0.6 is 11.6 Å². The van der Waals surface area contributed by atoms with E-state index < -0.39 is 17.3 Å². The minimum atomic E-state index is -0.633. The molecule has 0 radical (unpaired) electrons. The van der Waals surface area contributed by atoms with Crippen molar-refractivity contribution in [2.24, 2.45) is 7.05 Å². The van der Waals surface area contributed by atoms with Gasteiger partial charge in [-0.15, -0.1) is 0 Å². The van der Waals surface area contributed by atoms with Crippen molar-refractivity contribution in [2.45, 2.75) is 20.8 Å². The van der Waals surface area contributed by atoms with Crippen LogP contribution in [-0.4, -0.2) is 27.0 Å². The van der Waals surface area contributed by atoms with Gasteiger partial charge < -0.3 is 14.6 Å². The van der Waals surface area contributed by atoms with E-state index in [1.807, 2.05) is 6.92 Å². The lowest BCUT2D eigenvalue weighted by atomic mass is 10.1. The number of nitrogens with zero attached hydrogens (tertiary/aromatic N) is 3. The summed E-state index contributed by atoms with van der Waals surface area (Å²) in [5, 5.41) is 7.02.